The third kappa shape index (κ3) is 74.9. The van der Waals surface area contributed by atoms with Crippen molar-refractivity contribution in [2.75, 3.05) is 52.5 Å². The normalized spacial score (nSPS) is 8.21. The Hall–Kier alpha value is -0.521. The molecule has 0 saturated carbocycles. The Morgan fingerprint density at radius 2 is 1.16 bits per heavy atom. The molecule has 0 saturated heterocycles. The van der Waals surface area contributed by atoms with E-state index < -0.39 is 5.09 Å². The fraction of sp³-hybridized carbons (Fsp3) is 1.00. The second-order valence-corrected chi connectivity index (χ2v) is 2.80. The summed E-state index contributed by atoms with van der Waals surface area (Å²) in [5, 5.41) is 34.0. The Morgan fingerprint density at radius 3 is 1.32 bits per heavy atom. The van der Waals surface area contributed by atoms with Crippen LogP contribution in [0.4, 0.5) is 0 Å². The maximum Gasteiger partial charge on any atom is 2.00 e. The van der Waals surface area contributed by atoms with E-state index >= 15 is 0 Å². The zero-order chi connectivity index (χ0) is 14.6. The number of nitrogens with one attached hydrogen (secondary N) is 2. The Morgan fingerprint density at radius 1 is 0.895 bits per heavy atom. The fourth-order valence-corrected chi connectivity index (χ4v) is 0.631. The van der Waals surface area contributed by atoms with Crippen LogP contribution in [-0.2, 0) is 17.1 Å². The van der Waals surface area contributed by atoms with Crippen LogP contribution in [0.1, 0.15) is 0 Å². The zero-order valence-corrected chi connectivity index (χ0v) is 11.7. The van der Waals surface area contributed by atoms with E-state index in [0.29, 0.717) is 26.3 Å². The summed E-state index contributed by atoms with van der Waals surface area (Å²) in [6.07, 6.45) is 0. The van der Waals surface area contributed by atoms with Gasteiger partial charge in [-0.1, -0.05) is 0 Å². The minimum atomic E-state index is -1.75. The van der Waals surface area contributed by atoms with Gasteiger partial charge in [0.05, 0.1) is 18.2 Å². The first-order valence-corrected chi connectivity index (χ1v) is 5.49. The number of nitrogens with zero attached hydrogens (tertiary/aromatic N) is 1. The van der Waals surface area contributed by atoms with Gasteiger partial charge >= 0.3 is 17.1 Å². The van der Waals surface area contributed by atoms with Gasteiger partial charge in [-0.15, -0.1) is 0 Å². The van der Waals surface area contributed by atoms with Crippen LogP contribution < -0.4 is 22.1 Å². The zero-order valence-electron chi connectivity index (χ0n) is 10.8. The molecule has 0 heterocycles. The van der Waals surface area contributed by atoms with Crippen LogP contribution >= 0.6 is 0 Å². The van der Waals surface area contributed by atoms with Crippen molar-refractivity contribution in [3.63, 3.8) is 0 Å². The second-order valence-electron chi connectivity index (χ2n) is 2.80. The van der Waals surface area contributed by atoms with Gasteiger partial charge in [0, 0.05) is 26.2 Å². The molecule has 0 atom stereocenters. The van der Waals surface area contributed by atoms with Crippen molar-refractivity contribution in [2.24, 2.45) is 11.5 Å². The molecule has 10 N–H and O–H groups in total. The predicted octanol–water partition coefficient (Wildman–Crippen LogP) is -3.72. The molecule has 0 aromatic heterocycles. The molecule has 0 spiro atoms. The molecule has 19 heavy (non-hydrogen) atoms. The van der Waals surface area contributed by atoms with E-state index in [-0.39, 0.29) is 17.1 Å². The van der Waals surface area contributed by atoms with Crippen LogP contribution in [0.5, 0.6) is 0 Å². The number of rotatable bonds is 8. The van der Waals surface area contributed by atoms with Gasteiger partial charge in [0.1, 0.15) is 0 Å². The minimum Gasteiger partial charge on any atom is -0.444 e. The second kappa shape index (κ2) is 30.5. The summed E-state index contributed by atoms with van der Waals surface area (Å²) in [6, 6.07) is 0. The Labute approximate surface area is 123 Å². The fourth-order valence-electron chi connectivity index (χ4n) is 0.631. The van der Waals surface area contributed by atoms with E-state index in [0.717, 1.165) is 26.2 Å². The molecule has 0 aliphatic heterocycles. The predicted molar refractivity (Wildman–Crippen MR) is 71.2 cm³/mol. The molecule has 0 aliphatic carbocycles. The maximum absolute atomic E-state index is 8.25. The van der Waals surface area contributed by atoms with Gasteiger partial charge < -0.3 is 47.6 Å². The molecule has 0 aromatic rings. The van der Waals surface area contributed by atoms with Crippen LogP contribution in [0.3, 0.4) is 0 Å². The van der Waals surface area contributed by atoms with E-state index in [2.05, 4.69) is 10.6 Å². The first-order valence-electron chi connectivity index (χ1n) is 5.49. The van der Waals surface area contributed by atoms with Crippen LogP contribution in [0.15, 0.2) is 0 Å². The standard InChI is InChI=1S/2C4H12N2O.Cu.NO3/c2*5-1-2-6-3-4-7;;2-1(3)4/h2*6-7H,1-5H2;;/q;;+2;-1/p+2. The number of hydrogen-bond donors (Lipinski definition) is 4. The third-order valence-corrected chi connectivity index (χ3v) is 1.25. The first kappa shape index (κ1) is 26.9. The van der Waals surface area contributed by atoms with Crippen LogP contribution in [0.2, 0.25) is 0 Å². The summed E-state index contributed by atoms with van der Waals surface area (Å²) < 4.78 is 0. The smallest absolute Gasteiger partial charge is 0.444 e. The summed E-state index contributed by atoms with van der Waals surface area (Å²) >= 11 is 0. The number of nitrogens with two attached hydrogens (primary N) is 2. The van der Waals surface area contributed by atoms with Gasteiger partial charge in [0.2, 0.25) is 0 Å². The average Bonchev–Trinajstić information content (AvgIpc) is 2.31. The van der Waals surface area contributed by atoms with E-state index in [1.54, 1.807) is 0 Å². The van der Waals surface area contributed by atoms with Crippen LogP contribution in [-0.4, -0.2) is 67.8 Å². The van der Waals surface area contributed by atoms with Crippen molar-refractivity contribution in [3.05, 3.63) is 15.3 Å². The molecule has 11 heteroatoms. The number of hydrogen-bond acceptors (Lipinski definition) is 7. The summed E-state index contributed by atoms with van der Waals surface area (Å²) in [7, 11) is 0. The van der Waals surface area contributed by atoms with Gasteiger partial charge in [0.25, 0.3) is 0 Å². The Balaban J connectivity index is -0.0000000900. The van der Waals surface area contributed by atoms with Crippen molar-refractivity contribution in [1.82, 2.24) is 10.6 Å². The SMILES string of the molecule is NCCNCC[OH2+].NCCNCC[OH2+].O=[N+]([O-])[O-].[Cu+2]. The Bertz CT molecular complexity index is 135. The average molecular weight is 336 g/mol. The van der Waals surface area contributed by atoms with Crippen LogP contribution in [0, 0.1) is 15.3 Å². The van der Waals surface area contributed by atoms with Crippen molar-refractivity contribution in [2.45, 2.75) is 0 Å². The van der Waals surface area contributed by atoms with Gasteiger partial charge in [-0.2, -0.15) is 0 Å². The molecule has 0 unspecified atom stereocenters. The summed E-state index contributed by atoms with van der Waals surface area (Å²) in [5.74, 6) is 0. The monoisotopic (exact) mass is 335 g/mol. The molecule has 121 valence electrons. The van der Waals surface area contributed by atoms with E-state index in [1.165, 1.54) is 0 Å². The molecule has 1 radical (unpaired) electrons. The molecule has 0 rings (SSSR count). The Kier molecular flexibility index (Phi) is 43.2. The minimum absolute atomic E-state index is 0. The van der Waals surface area contributed by atoms with E-state index in [1.807, 2.05) is 0 Å². The van der Waals surface area contributed by atoms with Crippen molar-refractivity contribution >= 4 is 0 Å². The van der Waals surface area contributed by atoms with Gasteiger partial charge in [-0.25, -0.2) is 0 Å². The molecular weight excluding hydrogens is 310 g/mol. The maximum atomic E-state index is 8.25. The molecular formula is C8H26CuN5O5+3. The first-order chi connectivity index (χ1) is 8.56. The van der Waals surface area contributed by atoms with Crippen molar-refractivity contribution < 1.29 is 32.4 Å². The van der Waals surface area contributed by atoms with Gasteiger partial charge in [-0.05, 0) is 0 Å². The summed E-state index contributed by atoms with van der Waals surface area (Å²) in [5.41, 5.74) is 10.3. The molecule has 0 bridgehead atoms. The van der Waals surface area contributed by atoms with Crippen molar-refractivity contribution in [1.29, 1.82) is 0 Å². The molecule has 10 nitrogen and oxygen atoms in total. The molecule has 0 aliphatic rings. The molecule has 0 aromatic carbocycles. The van der Waals surface area contributed by atoms with Crippen molar-refractivity contribution in [3.8, 4) is 0 Å². The molecule has 0 amide bonds. The van der Waals surface area contributed by atoms with Gasteiger partial charge in [-0.3, -0.25) is 0 Å². The molecule has 0 fully saturated rings. The van der Waals surface area contributed by atoms with E-state index in [9.17, 15) is 0 Å². The van der Waals surface area contributed by atoms with Gasteiger partial charge in [0.15, 0.2) is 13.2 Å². The third-order valence-electron chi connectivity index (χ3n) is 1.25. The summed E-state index contributed by atoms with van der Waals surface area (Å²) in [4.78, 5) is 8.25. The summed E-state index contributed by atoms with van der Waals surface area (Å²) in [6.45, 7) is 5.41. The quantitative estimate of drug-likeness (QED) is 0.115. The largest absolute Gasteiger partial charge is 2.00 e. The van der Waals surface area contributed by atoms with E-state index in [4.69, 9.17) is 37.0 Å². The topological polar surface area (TPSA) is 188 Å². The van der Waals surface area contributed by atoms with Crippen LogP contribution in [0.25, 0.3) is 0 Å².